The van der Waals surface area contributed by atoms with Gasteiger partial charge in [0.05, 0.1) is 0 Å². The number of nitrogens with two attached hydrogens (primary N) is 1. The Labute approximate surface area is 131 Å². The van der Waals surface area contributed by atoms with E-state index in [2.05, 4.69) is 15.9 Å². The van der Waals surface area contributed by atoms with E-state index in [1.807, 2.05) is 36.4 Å². The first-order valence-electron chi connectivity index (χ1n) is 4.81. The molecule has 0 aromatic heterocycles. The van der Waals surface area contributed by atoms with E-state index in [1.165, 1.54) is 0 Å². The third-order valence-electron chi connectivity index (χ3n) is 2.35. The summed E-state index contributed by atoms with van der Waals surface area (Å²) in [7, 11) is 0. The van der Waals surface area contributed by atoms with Crippen molar-refractivity contribution in [1.82, 2.24) is 0 Å². The summed E-state index contributed by atoms with van der Waals surface area (Å²) in [4.78, 5) is 10.7. The van der Waals surface area contributed by atoms with E-state index in [4.69, 9.17) is 5.73 Å². The van der Waals surface area contributed by atoms with E-state index in [1.54, 1.807) is 6.07 Å². The van der Waals surface area contributed by atoms with Crippen molar-refractivity contribution in [1.29, 1.82) is 0 Å². The smallest absolute Gasteiger partial charge is 0.150 e. The molecule has 0 unspecified atom stereocenters. The first kappa shape index (κ1) is 14.5. The number of carbonyl (C=O) groups is 1. The van der Waals surface area contributed by atoms with Crippen molar-refractivity contribution >= 4 is 57.5 Å². The molecule has 17 heavy (non-hydrogen) atoms. The van der Waals surface area contributed by atoms with Gasteiger partial charge in [-0.05, 0) is 29.8 Å². The number of carbonyl (C=O) groups excluding carboxylic acids is 1. The zero-order valence-electron chi connectivity index (χ0n) is 9.48. The Morgan fingerprint density at radius 1 is 1.12 bits per heavy atom. The molecule has 0 aliphatic heterocycles. The number of hydrogen-bond acceptors (Lipinski definition) is 2. The van der Waals surface area contributed by atoms with Gasteiger partial charge in [-0.1, -0.05) is 34.1 Å². The van der Waals surface area contributed by atoms with E-state index >= 15 is 0 Å². The van der Waals surface area contributed by atoms with Gasteiger partial charge in [0.2, 0.25) is 0 Å². The van der Waals surface area contributed by atoms with Crippen LogP contribution in [0.1, 0.15) is 10.4 Å². The molecule has 0 spiro atoms. The minimum atomic E-state index is 0. The average Bonchev–Trinajstić information content (AvgIpc) is 2.32. The fourth-order valence-electron chi connectivity index (χ4n) is 1.56. The minimum Gasteiger partial charge on any atom is -0.398 e. The third kappa shape index (κ3) is 3.42. The van der Waals surface area contributed by atoms with Crippen molar-refractivity contribution in [2.75, 3.05) is 5.73 Å². The molecule has 4 heteroatoms. The molecule has 0 amide bonds. The van der Waals surface area contributed by atoms with Crippen molar-refractivity contribution in [3.8, 4) is 11.1 Å². The van der Waals surface area contributed by atoms with Gasteiger partial charge in [-0.15, -0.1) is 0 Å². The molecule has 81 valence electrons. The summed E-state index contributed by atoms with van der Waals surface area (Å²) < 4.78 is 0.966. The molecule has 0 bridgehead atoms. The predicted molar refractivity (Wildman–Crippen MR) is 75.1 cm³/mol. The minimum absolute atomic E-state index is 0. The second-order valence-corrected chi connectivity index (χ2v) is 4.39. The topological polar surface area (TPSA) is 43.1 Å². The van der Waals surface area contributed by atoms with Crippen LogP contribution in [0.2, 0.25) is 0 Å². The van der Waals surface area contributed by atoms with Crippen LogP contribution in [0, 0.1) is 0 Å². The number of benzene rings is 2. The van der Waals surface area contributed by atoms with E-state index in [0.29, 0.717) is 11.3 Å². The Bertz CT molecular complexity index is 543. The molecule has 2 rings (SSSR count). The van der Waals surface area contributed by atoms with Crippen LogP contribution in [0.5, 0.6) is 0 Å². The van der Waals surface area contributed by atoms with Crippen molar-refractivity contribution in [2.45, 2.75) is 0 Å². The third-order valence-corrected chi connectivity index (χ3v) is 2.84. The molecule has 0 aliphatic rings. The van der Waals surface area contributed by atoms with Crippen LogP contribution in [0.4, 0.5) is 5.69 Å². The fourth-order valence-corrected chi connectivity index (χ4v) is 1.92. The number of anilines is 1. The van der Waals surface area contributed by atoms with E-state index < -0.39 is 0 Å². The van der Waals surface area contributed by atoms with Crippen molar-refractivity contribution in [3.05, 3.63) is 52.5 Å². The van der Waals surface area contributed by atoms with Crippen molar-refractivity contribution < 1.29 is 4.79 Å². The Hall–Kier alpha value is -0.610. The number of nitrogen functional groups attached to an aromatic ring is 1. The Balaban J connectivity index is 0.00000144. The maximum atomic E-state index is 10.7. The predicted octanol–water partition coefficient (Wildman–Crippen LogP) is 3.13. The summed E-state index contributed by atoms with van der Waals surface area (Å²) in [6, 6.07) is 13.1. The largest absolute Gasteiger partial charge is 0.398 e. The molecule has 0 aliphatic carbocycles. The van der Waals surface area contributed by atoms with Crippen LogP contribution in [0.15, 0.2) is 46.9 Å². The zero-order valence-corrected chi connectivity index (χ0v) is 13.1. The van der Waals surface area contributed by atoms with Gasteiger partial charge in [0.15, 0.2) is 0 Å². The van der Waals surface area contributed by atoms with Crippen LogP contribution in [-0.2, 0) is 0 Å². The second-order valence-electron chi connectivity index (χ2n) is 3.47. The summed E-state index contributed by atoms with van der Waals surface area (Å²) in [5.41, 5.74) is 9.13. The quantitative estimate of drug-likeness (QED) is 0.526. The molecule has 2 aromatic rings. The molecule has 0 heterocycles. The number of rotatable bonds is 2. The van der Waals surface area contributed by atoms with Crippen molar-refractivity contribution in [2.24, 2.45) is 0 Å². The van der Waals surface area contributed by atoms with Crippen LogP contribution >= 0.6 is 15.9 Å². The van der Waals surface area contributed by atoms with Crippen LogP contribution in [-0.4, -0.2) is 35.8 Å². The SMILES string of the molecule is Nc1ccc(Br)cc1-c1cccc(C=O)c1.[Na]. The first-order valence-corrected chi connectivity index (χ1v) is 5.60. The summed E-state index contributed by atoms with van der Waals surface area (Å²) in [6.45, 7) is 0. The van der Waals surface area contributed by atoms with E-state index in [9.17, 15) is 4.79 Å². The summed E-state index contributed by atoms with van der Waals surface area (Å²) in [5.74, 6) is 0. The van der Waals surface area contributed by atoms with Gasteiger partial charge in [-0.2, -0.15) is 0 Å². The van der Waals surface area contributed by atoms with Gasteiger partial charge in [0.1, 0.15) is 6.29 Å². The standard InChI is InChI=1S/C13H10BrNO.Na/c14-11-4-5-13(15)12(7-11)10-3-1-2-9(6-10)8-16;/h1-8H,15H2;. The Kier molecular flexibility index (Phi) is 5.40. The number of hydrogen-bond donors (Lipinski definition) is 1. The fraction of sp³-hybridized carbons (Fsp3) is 0. The Morgan fingerprint density at radius 3 is 2.59 bits per heavy atom. The van der Waals surface area contributed by atoms with Gasteiger partial charge in [-0.3, -0.25) is 4.79 Å². The first-order chi connectivity index (χ1) is 7.70. The molecule has 0 saturated carbocycles. The molecule has 0 fully saturated rings. The van der Waals surface area contributed by atoms with Crippen molar-refractivity contribution in [3.63, 3.8) is 0 Å². The van der Waals surface area contributed by atoms with E-state index in [0.717, 1.165) is 21.9 Å². The monoisotopic (exact) mass is 298 g/mol. The molecule has 0 saturated heterocycles. The van der Waals surface area contributed by atoms with Crippen LogP contribution in [0.25, 0.3) is 11.1 Å². The van der Waals surface area contributed by atoms with Crippen LogP contribution in [0.3, 0.4) is 0 Å². The molecule has 1 radical (unpaired) electrons. The summed E-state index contributed by atoms with van der Waals surface area (Å²) >= 11 is 3.40. The van der Waals surface area contributed by atoms with Gasteiger partial charge >= 0.3 is 0 Å². The van der Waals surface area contributed by atoms with E-state index in [-0.39, 0.29) is 29.6 Å². The van der Waals surface area contributed by atoms with Gasteiger partial charge in [0, 0.05) is 50.8 Å². The second kappa shape index (κ2) is 6.36. The zero-order chi connectivity index (χ0) is 11.5. The summed E-state index contributed by atoms with van der Waals surface area (Å²) in [5, 5.41) is 0. The molecule has 0 atom stereocenters. The molecular formula is C13H10BrNNaO. The summed E-state index contributed by atoms with van der Waals surface area (Å²) in [6.07, 6.45) is 0.831. The van der Waals surface area contributed by atoms with Gasteiger partial charge in [0.25, 0.3) is 0 Å². The molecular weight excluding hydrogens is 289 g/mol. The van der Waals surface area contributed by atoms with Gasteiger partial charge in [-0.25, -0.2) is 0 Å². The average molecular weight is 299 g/mol. The normalized spacial score (nSPS) is 9.47. The number of aldehydes is 1. The maximum Gasteiger partial charge on any atom is 0.150 e. The number of halogens is 1. The maximum absolute atomic E-state index is 10.7. The van der Waals surface area contributed by atoms with Crippen LogP contribution < -0.4 is 5.73 Å². The molecule has 2 nitrogen and oxygen atoms in total. The Morgan fingerprint density at radius 2 is 1.88 bits per heavy atom. The molecule has 2 N–H and O–H groups in total. The molecule has 2 aromatic carbocycles. The van der Waals surface area contributed by atoms with Gasteiger partial charge < -0.3 is 5.73 Å².